The van der Waals surface area contributed by atoms with Gasteiger partial charge in [0.15, 0.2) is 8.32 Å². The first kappa shape index (κ1) is 44.5. The Kier molecular flexibility index (Phi) is 20.9. The largest absolute Gasteiger partial charge is 1.00 e. The molecular weight excluding hydrogens is 466 g/mol. The molecule has 2 nitrogen and oxygen atoms in total. The van der Waals surface area contributed by atoms with Crippen molar-refractivity contribution in [3.8, 4) is 0 Å². The molecule has 2 unspecified atom stereocenters. The van der Waals surface area contributed by atoms with E-state index < -0.39 is 73.5 Å². The zero-order valence-corrected chi connectivity index (χ0v) is 27.3. The molecule has 0 aromatic heterocycles. The normalized spacial score (nSPS) is 14.7. The second-order valence-corrected chi connectivity index (χ2v) is 22.7. The van der Waals surface area contributed by atoms with Gasteiger partial charge in [0, 0.05) is 118 Å². The van der Waals surface area contributed by atoms with Crippen molar-refractivity contribution in [3.63, 3.8) is 0 Å². The molecule has 0 aromatic rings. The van der Waals surface area contributed by atoms with Crippen LogP contribution in [0.2, 0.25) is 49.0 Å². The second-order valence-electron chi connectivity index (χ2n) is 10.6. The average Bonchev–Trinajstić information content (AvgIpc) is 2.71. The predicted molar refractivity (Wildman–Crippen MR) is 186 cm³/mol. The zero-order valence-electron chi connectivity index (χ0n) is 24.3. The fraction of sp³-hybridized carbons (Fsp3) is 0.800. The molecule has 37 heavy (non-hydrogen) atoms. The molecule has 0 saturated carbocycles. The van der Waals surface area contributed by atoms with Crippen molar-refractivity contribution in [1.82, 2.24) is 0 Å². The maximum absolute atomic E-state index is 6.81. The minimum absolute atomic E-state index is 0. The van der Waals surface area contributed by atoms with Crippen LogP contribution in [-0.2, 0) is 8.23 Å². The van der Waals surface area contributed by atoms with Crippen LogP contribution in [0.3, 0.4) is 0 Å². The Balaban J connectivity index is -0.00000578. The third kappa shape index (κ3) is 9.52. The Bertz CT molecular complexity index is 658. The van der Waals surface area contributed by atoms with Gasteiger partial charge in [-0.3, -0.25) is 0 Å². The van der Waals surface area contributed by atoms with Crippen molar-refractivity contribution in [1.29, 1.82) is 0 Å². The van der Waals surface area contributed by atoms with Crippen LogP contribution >= 0.6 is 0 Å². The molecule has 0 aliphatic heterocycles. The van der Waals surface area contributed by atoms with E-state index in [-0.39, 0.29) is 37.7 Å². The second kappa shape index (κ2) is 17.4. The van der Waals surface area contributed by atoms with Gasteiger partial charge in [0.1, 0.15) is 8.19 Å². The molecule has 0 heterocycles. The Morgan fingerprint density at radius 2 is 1.11 bits per heavy atom. The predicted octanol–water partition coefficient (Wildman–Crippen LogP) is -10.3. The van der Waals surface area contributed by atoms with Crippen LogP contribution in [0.25, 0.3) is 0 Å². The van der Waals surface area contributed by atoms with Crippen molar-refractivity contribution in [2.75, 3.05) is 0 Å². The van der Waals surface area contributed by atoms with E-state index in [1.54, 1.807) is 7.17 Å². The summed E-state index contributed by atoms with van der Waals surface area (Å²) in [5.74, 6) is 0. The van der Waals surface area contributed by atoms with E-state index in [4.69, 9.17) is 85.6 Å². The van der Waals surface area contributed by atoms with Gasteiger partial charge in [-0.25, -0.2) is 0 Å². The van der Waals surface area contributed by atoms with Crippen molar-refractivity contribution in [2.45, 2.75) is 49.0 Å². The Hall–Kier alpha value is 3.06. The molecule has 0 aromatic carbocycles. The third-order valence-corrected chi connectivity index (χ3v) is 20.3. The first-order valence-electron chi connectivity index (χ1n) is 11.5. The van der Waals surface area contributed by atoms with E-state index in [0.29, 0.717) is 0 Å². The molecule has 0 aliphatic carbocycles. The van der Waals surface area contributed by atoms with Crippen molar-refractivity contribution in [2.24, 2.45) is 0 Å². The minimum atomic E-state index is -2.98. The topological polar surface area (TPSA) is 18.5 Å². The Morgan fingerprint density at radius 1 is 0.676 bits per heavy atom. The first-order valence-corrected chi connectivity index (χ1v) is 20.2. The molecule has 0 spiro atoms. The van der Waals surface area contributed by atoms with Crippen LogP contribution in [-0.4, -0.2) is 170 Å². The van der Waals surface area contributed by atoms with Gasteiger partial charge in [-0.1, -0.05) is 13.1 Å². The van der Waals surface area contributed by atoms with Crippen LogP contribution in [0, 0.1) is 13.6 Å². The van der Waals surface area contributed by atoms with E-state index in [0.717, 1.165) is 0 Å². The van der Waals surface area contributed by atoms with Crippen LogP contribution in [0.1, 0.15) is 0 Å². The van der Waals surface area contributed by atoms with E-state index in [1.807, 2.05) is 39.3 Å². The number of hydrogen-bond donors (Lipinski definition) is 0. The van der Waals surface area contributed by atoms with E-state index in [2.05, 4.69) is 13.6 Å². The van der Waals surface area contributed by atoms with Crippen molar-refractivity contribution in [3.05, 3.63) is 13.6 Å². The minimum Gasteiger partial charge on any atom is -0.444 e. The molecule has 0 bridgehead atoms. The fourth-order valence-corrected chi connectivity index (χ4v) is 21.5. The summed E-state index contributed by atoms with van der Waals surface area (Å²) in [6, 6.07) is 0. The van der Waals surface area contributed by atoms with Gasteiger partial charge in [-0.05, 0) is 32.7 Å². The van der Waals surface area contributed by atoms with Gasteiger partial charge >= 0.3 is 46.3 Å². The van der Waals surface area contributed by atoms with Gasteiger partial charge in [0.2, 0.25) is 0 Å². The summed E-state index contributed by atoms with van der Waals surface area (Å²) in [4.78, 5) is 0. The maximum atomic E-state index is 6.81. The SMILES string of the molecule is [B][B]B([B])C(B([B])[B])(B([B])[B][CH2-])[Si](C)(C)O[Si](C)(C)O[Si](C)(C)B([B])C([B][B])(B([B])[B])B([B])[B][CH2-].[Li+].[Li+]. The summed E-state index contributed by atoms with van der Waals surface area (Å²) >= 11 is 0. The zero-order chi connectivity index (χ0) is 28.2. The molecule has 0 amide bonds. The summed E-state index contributed by atoms with van der Waals surface area (Å²) in [5, 5.41) is -1.15. The van der Waals surface area contributed by atoms with Crippen LogP contribution < -0.4 is 37.7 Å². The van der Waals surface area contributed by atoms with Crippen molar-refractivity contribution >= 4 is 170 Å². The molecule has 0 saturated heterocycles. The maximum Gasteiger partial charge on any atom is 1.00 e. The number of rotatable bonds is 16. The quantitative estimate of drug-likeness (QED) is 0.159. The molecule has 148 valence electrons. The summed E-state index contributed by atoms with van der Waals surface area (Å²) in [7, 11) is 59.8. The van der Waals surface area contributed by atoms with E-state index in [9.17, 15) is 0 Å². The molecule has 24 radical (unpaired) electrons. The van der Waals surface area contributed by atoms with Crippen LogP contribution in [0.15, 0.2) is 0 Å². The van der Waals surface area contributed by atoms with E-state index >= 15 is 0 Å². The molecule has 0 N–H and O–H groups in total. The fourth-order valence-electron chi connectivity index (χ4n) is 5.41. The van der Waals surface area contributed by atoms with E-state index in [1.165, 1.54) is 21.4 Å². The Labute approximate surface area is 276 Å². The summed E-state index contributed by atoms with van der Waals surface area (Å²) in [6.07, 6.45) is -0.690. The van der Waals surface area contributed by atoms with Gasteiger partial charge in [0.25, 0.3) is 0 Å². The molecule has 0 fully saturated rings. The van der Waals surface area contributed by atoms with Crippen LogP contribution in [0.5, 0.6) is 0 Å². The summed E-state index contributed by atoms with van der Waals surface area (Å²) in [5.41, 5.74) is 0. The van der Waals surface area contributed by atoms with Crippen LogP contribution in [0.4, 0.5) is 0 Å². The summed E-state index contributed by atoms with van der Waals surface area (Å²) in [6.45, 7) is 15.2. The monoisotopic (exact) mass is 492 g/mol. The molecule has 0 aliphatic rings. The molecular formula is C10H22B20Li2O2Si3. The van der Waals surface area contributed by atoms with Gasteiger partial charge in [-0.2, -0.15) is 5.01 Å². The van der Waals surface area contributed by atoms with Gasteiger partial charge < -0.3 is 21.9 Å². The van der Waals surface area contributed by atoms with Crippen molar-refractivity contribution < 1.29 is 46.0 Å². The third-order valence-electron chi connectivity index (χ3n) is 7.15. The molecule has 27 heteroatoms. The standard InChI is InChI=1S/C10H22B20O2Si3.2Li/c1-21-27(17)9(23-11,25(13)14)30(20)34(5,6)32-35(7,8)31-33(3,4)10(26(15)16,28(18)22-2)29(19)24-12;;/h1-2H2,3-8H3;;/q-2;2*+1. The Morgan fingerprint density at radius 3 is 1.41 bits per heavy atom. The summed E-state index contributed by atoms with van der Waals surface area (Å²) < 4.78 is 12.5. The first-order chi connectivity index (χ1) is 15.7. The average molecular weight is 489 g/mol. The molecule has 0 rings (SSSR count). The van der Waals surface area contributed by atoms with Gasteiger partial charge in [-0.15, -0.1) is 19.1 Å². The number of hydrogen-bond acceptors (Lipinski definition) is 2. The smallest absolute Gasteiger partial charge is 0.444 e. The molecule has 2 atom stereocenters. The van der Waals surface area contributed by atoms with Gasteiger partial charge in [0.05, 0.1) is 6.20 Å².